The van der Waals surface area contributed by atoms with Gasteiger partial charge in [0, 0.05) is 18.8 Å². The molecule has 0 saturated heterocycles. The number of rotatable bonds is 19. The molecular weight excluding hydrogens is 394 g/mol. The number of nitrogens with zero attached hydrogens (tertiary/aromatic N) is 1. The summed E-state index contributed by atoms with van der Waals surface area (Å²) in [5.41, 5.74) is 0.314. The summed E-state index contributed by atoms with van der Waals surface area (Å²) >= 11 is 0. The van der Waals surface area contributed by atoms with Gasteiger partial charge >= 0.3 is 11.9 Å². The molecule has 1 aromatic rings. The van der Waals surface area contributed by atoms with Crippen molar-refractivity contribution >= 4 is 11.9 Å². The first-order valence-corrected chi connectivity index (χ1v) is 12.0. The predicted molar refractivity (Wildman–Crippen MR) is 122 cm³/mol. The highest BCUT2D eigenvalue weighted by atomic mass is 16.6. The van der Waals surface area contributed by atoms with Gasteiger partial charge in [-0.15, -0.1) is 0 Å². The van der Waals surface area contributed by atoms with E-state index in [2.05, 4.69) is 11.9 Å². The van der Waals surface area contributed by atoms with E-state index in [9.17, 15) is 14.7 Å². The lowest BCUT2D eigenvalue weighted by atomic mass is 10.0. The highest BCUT2D eigenvalue weighted by molar-refractivity contribution is 5.88. The third-order valence-electron chi connectivity index (χ3n) is 5.23. The lowest BCUT2D eigenvalue weighted by Crippen LogP contribution is -2.25. The molecule has 0 saturated carbocycles. The van der Waals surface area contributed by atoms with Gasteiger partial charge in [0.2, 0.25) is 0 Å². The summed E-state index contributed by atoms with van der Waals surface area (Å²) in [6, 6.07) is 3.21. The van der Waals surface area contributed by atoms with E-state index in [-0.39, 0.29) is 19.2 Å². The molecule has 6 heteroatoms. The monoisotopic (exact) mass is 435 g/mol. The first-order valence-electron chi connectivity index (χ1n) is 12.0. The summed E-state index contributed by atoms with van der Waals surface area (Å²) in [7, 11) is 0. The second-order valence-corrected chi connectivity index (χ2v) is 8.17. The Morgan fingerprint density at radius 2 is 1.42 bits per heavy atom. The molecule has 1 N–H and O–H groups in total. The summed E-state index contributed by atoms with van der Waals surface area (Å²) in [6.07, 6.45) is 18.6. The van der Waals surface area contributed by atoms with Crippen LogP contribution in [0.15, 0.2) is 24.5 Å². The first-order chi connectivity index (χ1) is 15.1. The average Bonchev–Trinajstić information content (AvgIpc) is 2.79. The fourth-order valence-electron chi connectivity index (χ4n) is 3.34. The topological polar surface area (TPSA) is 85.7 Å². The number of hydrogen-bond donors (Lipinski definition) is 1. The number of carbonyl (C=O) groups is 2. The zero-order valence-electron chi connectivity index (χ0n) is 19.2. The highest BCUT2D eigenvalue weighted by Gasteiger charge is 2.13. The Hall–Kier alpha value is -1.95. The van der Waals surface area contributed by atoms with Crippen LogP contribution < -0.4 is 0 Å². The van der Waals surface area contributed by atoms with Crippen molar-refractivity contribution in [1.82, 2.24) is 4.98 Å². The third-order valence-corrected chi connectivity index (χ3v) is 5.23. The van der Waals surface area contributed by atoms with Crippen molar-refractivity contribution in [1.29, 1.82) is 0 Å². The van der Waals surface area contributed by atoms with Gasteiger partial charge in [-0.05, 0) is 18.6 Å². The molecule has 31 heavy (non-hydrogen) atoms. The zero-order chi connectivity index (χ0) is 22.6. The van der Waals surface area contributed by atoms with Crippen LogP contribution in [0.25, 0.3) is 0 Å². The van der Waals surface area contributed by atoms with Gasteiger partial charge < -0.3 is 14.6 Å². The average molecular weight is 436 g/mol. The second-order valence-electron chi connectivity index (χ2n) is 8.17. The van der Waals surface area contributed by atoms with Crippen LogP contribution in [0.4, 0.5) is 0 Å². The number of unbranched alkanes of at least 4 members (excludes halogenated alkanes) is 12. The van der Waals surface area contributed by atoms with E-state index >= 15 is 0 Å². The minimum Gasteiger partial charge on any atom is -0.463 e. The van der Waals surface area contributed by atoms with Crippen molar-refractivity contribution in [3.8, 4) is 0 Å². The fourth-order valence-corrected chi connectivity index (χ4v) is 3.34. The molecule has 0 fully saturated rings. The minimum atomic E-state index is -1.03. The number of pyridine rings is 1. The van der Waals surface area contributed by atoms with Crippen LogP contribution in [0.3, 0.4) is 0 Å². The summed E-state index contributed by atoms with van der Waals surface area (Å²) < 4.78 is 10.0. The summed E-state index contributed by atoms with van der Waals surface area (Å²) in [5, 5.41) is 9.81. The van der Waals surface area contributed by atoms with Gasteiger partial charge in [0.05, 0.1) is 5.56 Å². The summed E-state index contributed by atoms with van der Waals surface area (Å²) in [4.78, 5) is 27.3. The van der Waals surface area contributed by atoms with Crippen molar-refractivity contribution in [3.63, 3.8) is 0 Å². The first kappa shape index (κ1) is 27.1. The lowest BCUT2D eigenvalue weighted by Gasteiger charge is -2.12. The largest absolute Gasteiger partial charge is 0.463 e. The molecule has 0 bridgehead atoms. The van der Waals surface area contributed by atoms with Crippen molar-refractivity contribution in [2.75, 3.05) is 13.2 Å². The Morgan fingerprint density at radius 1 is 0.871 bits per heavy atom. The molecule has 1 aromatic heterocycles. The molecule has 0 aromatic carbocycles. The number of carbonyl (C=O) groups excluding carboxylic acids is 2. The number of ether oxygens (including phenoxy) is 2. The van der Waals surface area contributed by atoms with E-state index < -0.39 is 12.1 Å². The van der Waals surface area contributed by atoms with Crippen molar-refractivity contribution in [3.05, 3.63) is 30.1 Å². The van der Waals surface area contributed by atoms with Crippen LogP contribution in [0.1, 0.15) is 107 Å². The van der Waals surface area contributed by atoms with E-state index in [1.165, 1.54) is 70.4 Å². The number of esters is 2. The number of hydrogen-bond acceptors (Lipinski definition) is 6. The molecule has 1 heterocycles. The molecule has 1 rings (SSSR count). The van der Waals surface area contributed by atoms with E-state index in [1.54, 1.807) is 18.3 Å². The van der Waals surface area contributed by atoms with Gasteiger partial charge in [0.25, 0.3) is 0 Å². The molecule has 0 radical (unpaired) electrons. The molecular formula is C25H41NO5. The van der Waals surface area contributed by atoms with E-state index in [0.717, 1.165) is 19.3 Å². The quantitative estimate of drug-likeness (QED) is 0.224. The van der Waals surface area contributed by atoms with Gasteiger partial charge in [-0.2, -0.15) is 0 Å². The number of aliphatic hydroxyl groups is 1. The van der Waals surface area contributed by atoms with Crippen LogP contribution in [-0.2, 0) is 14.3 Å². The molecule has 176 valence electrons. The Bertz CT molecular complexity index is 579. The number of aliphatic hydroxyl groups excluding tert-OH is 1. The van der Waals surface area contributed by atoms with Crippen molar-refractivity contribution in [2.24, 2.45) is 0 Å². The third kappa shape index (κ3) is 15.5. The fraction of sp³-hybridized carbons (Fsp3) is 0.720. The van der Waals surface area contributed by atoms with Gasteiger partial charge in [0.15, 0.2) is 0 Å². The van der Waals surface area contributed by atoms with Crippen LogP contribution in [0, 0.1) is 0 Å². The maximum atomic E-state index is 11.8. The van der Waals surface area contributed by atoms with Gasteiger partial charge in [-0.1, -0.05) is 84.0 Å². The normalized spacial score (nSPS) is 11.8. The Kier molecular flexibility index (Phi) is 16.4. The molecule has 0 aliphatic heterocycles. The van der Waals surface area contributed by atoms with Gasteiger partial charge in [-0.3, -0.25) is 9.78 Å². The van der Waals surface area contributed by atoms with Crippen LogP contribution in [0.2, 0.25) is 0 Å². The summed E-state index contributed by atoms with van der Waals surface area (Å²) in [6.45, 7) is 1.86. The van der Waals surface area contributed by atoms with Crippen LogP contribution in [0.5, 0.6) is 0 Å². The molecule has 1 atom stereocenters. The van der Waals surface area contributed by atoms with Crippen LogP contribution in [-0.4, -0.2) is 41.3 Å². The van der Waals surface area contributed by atoms with E-state index in [1.807, 2.05) is 0 Å². The Balaban J connectivity index is 1.89. The molecule has 0 amide bonds. The van der Waals surface area contributed by atoms with Crippen molar-refractivity contribution in [2.45, 2.75) is 103 Å². The van der Waals surface area contributed by atoms with E-state index in [0.29, 0.717) is 12.0 Å². The number of aromatic nitrogens is 1. The maximum absolute atomic E-state index is 11.8. The standard InChI is InChI=1S/C25H41NO5/c1-2-3-4-5-6-7-8-9-10-11-12-13-14-17-24(28)30-20-23(27)21-31-25(29)22-16-15-18-26-19-22/h15-16,18-19,23,27H,2-14,17,20-21H2,1H3. The molecule has 1 unspecified atom stereocenters. The smallest absolute Gasteiger partial charge is 0.339 e. The molecule has 0 aliphatic carbocycles. The molecule has 0 aliphatic rings. The molecule has 0 spiro atoms. The van der Waals surface area contributed by atoms with E-state index in [4.69, 9.17) is 9.47 Å². The predicted octanol–water partition coefficient (Wildman–Crippen LogP) is 5.62. The zero-order valence-corrected chi connectivity index (χ0v) is 19.2. The summed E-state index contributed by atoms with van der Waals surface area (Å²) in [5.74, 6) is -0.883. The Labute approximate surface area is 187 Å². The van der Waals surface area contributed by atoms with Gasteiger partial charge in [0.1, 0.15) is 19.3 Å². The lowest BCUT2D eigenvalue weighted by molar-refractivity contribution is -0.147. The van der Waals surface area contributed by atoms with Crippen LogP contribution >= 0.6 is 0 Å². The van der Waals surface area contributed by atoms with Crippen molar-refractivity contribution < 1.29 is 24.2 Å². The second kappa shape index (κ2) is 18.8. The maximum Gasteiger partial charge on any atom is 0.339 e. The Morgan fingerprint density at radius 3 is 1.97 bits per heavy atom. The molecule has 6 nitrogen and oxygen atoms in total. The highest BCUT2D eigenvalue weighted by Crippen LogP contribution is 2.13. The minimum absolute atomic E-state index is 0.169. The SMILES string of the molecule is CCCCCCCCCCCCCCCC(=O)OCC(O)COC(=O)c1cccnc1. The van der Waals surface area contributed by atoms with Gasteiger partial charge in [-0.25, -0.2) is 4.79 Å².